The van der Waals surface area contributed by atoms with Gasteiger partial charge in [0.05, 0.1) is 16.6 Å². The van der Waals surface area contributed by atoms with Crippen molar-refractivity contribution in [2.45, 2.75) is 26.9 Å². The van der Waals surface area contributed by atoms with E-state index in [1.54, 1.807) is 56.3 Å². The number of carbonyl (C=O) groups is 4. The molecule has 1 fully saturated rings. The van der Waals surface area contributed by atoms with E-state index in [0.717, 1.165) is 22.2 Å². The largest absolute Gasteiger partial charge is 0.462 e. The molecule has 1 aliphatic rings. The number of rotatable bonds is 6. The van der Waals surface area contributed by atoms with E-state index < -0.39 is 29.6 Å². The maximum Gasteiger partial charge on any atom is 0.343 e. The van der Waals surface area contributed by atoms with E-state index in [1.807, 2.05) is 19.1 Å². The number of carbonyl (C=O) groups excluding carboxylic acids is 4. The molecular weight excluding hydrogens is 418 g/mol. The summed E-state index contributed by atoms with van der Waals surface area (Å²) < 4.78 is 10.3. The van der Waals surface area contributed by atoms with Crippen LogP contribution in [0.15, 0.2) is 53.4 Å². The molecule has 0 aromatic heterocycles. The van der Waals surface area contributed by atoms with E-state index in [9.17, 15) is 19.2 Å². The van der Waals surface area contributed by atoms with Crippen LogP contribution in [0, 0.1) is 6.92 Å². The zero-order chi connectivity index (χ0) is 22.5. The highest BCUT2D eigenvalue weighted by Gasteiger charge is 2.36. The number of imide groups is 1. The summed E-state index contributed by atoms with van der Waals surface area (Å²) in [6.07, 6.45) is 1.21. The van der Waals surface area contributed by atoms with E-state index in [1.165, 1.54) is 0 Å². The quantitative estimate of drug-likeness (QED) is 0.378. The molecule has 31 heavy (non-hydrogen) atoms. The zero-order valence-electron chi connectivity index (χ0n) is 17.3. The third kappa shape index (κ3) is 5.82. The van der Waals surface area contributed by atoms with Crippen LogP contribution in [-0.4, -0.2) is 40.6 Å². The average Bonchev–Trinajstić information content (AvgIpc) is 2.96. The molecule has 3 rings (SSSR count). The Labute approximate surface area is 184 Å². The summed E-state index contributed by atoms with van der Waals surface area (Å²) in [5.74, 6) is -1.31. The Morgan fingerprint density at radius 2 is 1.68 bits per heavy atom. The summed E-state index contributed by atoms with van der Waals surface area (Å²) in [6.45, 7) is 4.88. The average molecular weight is 439 g/mol. The topological polar surface area (TPSA) is 90.0 Å². The molecule has 0 saturated carbocycles. The zero-order valence-corrected chi connectivity index (χ0v) is 18.1. The molecule has 1 aliphatic heterocycles. The highest BCUT2D eigenvalue weighted by Crippen LogP contribution is 2.32. The number of ether oxygens (including phenoxy) is 2. The number of esters is 2. The second kappa shape index (κ2) is 9.61. The maximum absolute atomic E-state index is 12.5. The minimum Gasteiger partial charge on any atom is -0.462 e. The summed E-state index contributed by atoms with van der Waals surface area (Å²) in [5, 5.41) is -0.527. The number of hydrogen-bond acceptors (Lipinski definition) is 7. The van der Waals surface area contributed by atoms with Crippen molar-refractivity contribution in [2.24, 2.45) is 0 Å². The lowest BCUT2D eigenvalue weighted by Gasteiger charge is -2.13. The van der Waals surface area contributed by atoms with Crippen molar-refractivity contribution in [1.29, 1.82) is 0 Å². The number of amides is 2. The van der Waals surface area contributed by atoms with E-state index in [2.05, 4.69) is 0 Å². The van der Waals surface area contributed by atoms with Crippen LogP contribution in [0.25, 0.3) is 6.08 Å². The molecule has 1 saturated heterocycles. The fourth-order valence-electron chi connectivity index (χ4n) is 2.70. The third-order valence-electron chi connectivity index (χ3n) is 4.20. The van der Waals surface area contributed by atoms with Gasteiger partial charge in [0.25, 0.3) is 11.1 Å². The Morgan fingerprint density at radius 3 is 2.29 bits per heavy atom. The minimum absolute atomic E-state index is 0.201. The standard InChI is InChI=1S/C23H21NO6S/c1-14(2)29-20(25)13-24-21(26)19(31-23(24)28)12-16-6-10-18(11-7-16)30-22(27)17-8-4-15(3)5-9-17/h4-12,14H,13H2,1-3H3/b19-12-. The molecule has 0 unspecified atom stereocenters. The van der Waals surface area contributed by atoms with Gasteiger partial charge in [-0.05, 0) is 68.4 Å². The van der Waals surface area contributed by atoms with Crippen LogP contribution in [-0.2, 0) is 14.3 Å². The molecule has 2 aromatic carbocycles. The van der Waals surface area contributed by atoms with E-state index >= 15 is 0 Å². The predicted octanol–water partition coefficient (Wildman–Crippen LogP) is 4.20. The van der Waals surface area contributed by atoms with E-state index in [-0.39, 0.29) is 11.0 Å². The molecule has 8 heteroatoms. The number of aryl methyl sites for hydroxylation is 1. The molecule has 2 aromatic rings. The molecule has 0 N–H and O–H groups in total. The highest BCUT2D eigenvalue weighted by atomic mass is 32.2. The smallest absolute Gasteiger partial charge is 0.343 e. The first-order valence-corrected chi connectivity index (χ1v) is 10.4. The van der Waals surface area contributed by atoms with E-state index in [0.29, 0.717) is 16.9 Å². The van der Waals surface area contributed by atoms with E-state index in [4.69, 9.17) is 9.47 Å². The lowest BCUT2D eigenvalue weighted by atomic mass is 10.1. The number of hydrogen-bond donors (Lipinski definition) is 0. The highest BCUT2D eigenvalue weighted by molar-refractivity contribution is 8.18. The monoisotopic (exact) mass is 439 g/mol. The van der Waals surface area contributed by atoms with Gasteiger partial charge in [-0.15, -0.1) is 0 Å². The summed E-state index contributed by atoms with van der Waals surface area (Å²) in [5.41, 5.74) is 2.13. The number of benzene rings is 2. The van der Waals surface area contributed by atoms with Gasteiger partial charge in [-0.2, -0.15) is 0 Å². The number of nitrogens with zero attached hydrogens (tertiary/aromatic N) is 1. The van der Waals surface area contributed by atoms with Crippen molar-refractivity contribution < 1.29 is 28.7 Å². The summed E-state index contributed by atoms with van der Waals surface area (Å²) >= 11 is 0.756. The Morgan fingerprint density at radius 1 is 1.03 bits per heavy atom. The Balaban J connectivity index is 1.65. The molecule has 1 heterocycles. The maximum atomic E-state index is 12.5. The van der Waals surface area contributed by atoms with Gasteiger partial charge in [-0.3, -0.25) is 19.3 Å². The van der Waals surface area contributed by atoms with Gasteiger partial charge >= 0.3 is 11.9 Å². The molecule has 0 radical (unpaired) electrons. The SMILES string of the molecule is Cc1ccc(C(=O)Oc2ccc(/C=C3\SC(=O)N(CC(=O)OC(C)C)C3=O)cc2)cc1. The lowest BCUT2D eigenvalue weighted by Crippen LogP contribution is -2.35. The van der Waals surface area contributed by atoms with Crippen LogP contribution >= 0.6 is 11.8 Å². The minimum atomic E-state index is -0.640. The van der Waals surface area contributed by atoms with Gasteiger partial charge in [0, 0.05) is 0 Å². The van der Waals surface area contributed by atoms with Crippen molar-refractivity contribution in [3.63, 3.8) is 0 Å². The van der Waals surface area contributed by atoms with Gasteiger partial charge in [0.15, 0.2) is 0 Å². The Kier molecular flexibility index (Phi) is 6.91. The second-order valence-corrected chi connectivity index (χ2v) is 8.12. The van der Waals surface area contributed by atoms with Crippen LogP contribution in [0.4, 0.5) is 4.79 Å². The Hall–Kier alpha value is -3.39. The normalized spacial score (nSPS) is 15.0. The van der Waals surface area contributed by atoms with Gasteiger partial charge in [-0.1, -0.05) is 29.8 Å². The molecule has 0 atom stereocenters. The van der Waals surface area contributed by atoms with Crippen molar-refractivity contribution >= 4 is 40.9 Å². The van der Waals surface area contributed by atoms with Crippen LogP contribution in [0.1, 0.15) is 35.3 Å². The lowest BCUT2D eigenvalue weighted by molar-refractivity contribution is -0.149. The second-order valence-electron chi connectivity index (χ2n) is 7.13. The molecule has 0 bridgehead atoms. The first-order chi connectivity index (χ1) is 14.7. The molecule has 0 spiro atoms. The fourth-order valence-corrected chi connectivity index (χ4v) is 3.54. The van der Waals surface area contributed by atoms with Crippen LogP contribution in [0.2, 0.25) is 0 Å². The molecule has 2 amide bonds. The first-order valence-electron chi connectivity index (χ1n) is 9.56. The van der Waals surface area contributed by atoms with Crippen molar-refractivity contribution in [2.75, 3.05) is 6.54 Å². The third-order valence-corrected chi connectivity index (χ3v) is 5.11. The fraction of sp³-hybridized carbons (Fsp3) is 0.217. The van der Waals surface area contributed by atoms with Crippen LogP contribution < -0.4 is 4.74 Å². The van der Waals surface area contributed by atoms with Crippen molar-refractivity contribution in [1.82, 2.24) is 4.90 Å². The van der Waals surface area contributed by atoms with Crippen molar-refractivity contribution in [3.05, 3.63) is 70.1 Å². The molecule has 0 aliphatic carbocycles. The van der Waals surface area contributed by atoms with Crippen LogP contribution in [0.5, 0.6) is 5.75 Å². The van der Waals surface area contributed by atoms with Gasteiger partial charge in [-0.25, -0.2) is 4.79 Å². The predicted molar refractivity (Wildman–Crippen MR) is 116 cm³/mol. The Bertz CT molecular complexity index is 1040. The van der Waals surface area contributed by atoms with Gasteiger partial charge in [0.1, 0.15) is 12.3 Å². The van der Waals surface area contributed by atoms with Gasteiger partial charge in [0.2, 0.25) is 0 Å². The summed E-state index contributed by atoms with van der Waals surface area (Å²) in [4.78, 5) is 49.6. The summed E-state index contributed by atoms with van der Waals surface area (Å²) in [7, 11) is 0. The summed E-state index contributed by atoms with van der Waals surface area (Å²) in [6, 6.07) is 13.6. The van der Waals surface area contributed by atoms with Gasteiger partial charge < -0.3 is 9.47 Å². The van der Waals surface area contributed by atoms with Crippen LogP contribution in [0.3, 0.4) is 0 Å². The molecular formula is C23H21NO6S. The molecule has 7 nitrogen and oxygen atoms in total. The first kappa shape index (κ1) is 22.3. The molecule has 160 valence electrons. The van der Waals surface area contributed by atoms with Crippen molar-refractivity contribution in [3.8, 4) is 5.75 Å². The number of thioether (sulfide) groups is 1.